The predicted octanol–water partition coefficient (Wildman–Crippen LogP) is -1.45. The van der Waals surface area contributed by atoms with Crippen LogP contribution in [0.4, 0.5) is 0 Å². The third kappa shape index (κ3) is 4.44. The van der Waals surface area contributed by atoms with Crippen LogP contribution in [0.5, 0.6) is 0 Å². The number of amides is 1. The van der Waals surface area contributed by atoms with Crippen LogP contribution < -0.4 is 11.1 Å². The molecule has 0 heterocycles. The highest BCUT2D eigenvalue weighted by Crippen LogP contribution is 1.87. The number of hydrogen-bond acceptors (Lipinski definition) is 4. The van der Waals surface area contributed by atoms with Crippen LogP contribution >= 0.6 is 0 Å². The fraction of sp³-hybridized carbons (Fsp3) is 0.714. The molecule has 6 heteroatoms. The van der Waals surface area contributed by atoms with E-state index in [1.54, 1.807) is 0 Å². The fourth-order valence-electron chi connectivity index (χ4n) is 0.645. The third-order valence-corrected chi connectivity index (χ3v) is 1.36. The van der Waals surface area contributed by atoms with Crippen molar-refractivity contribution < 1.29 is 19.4 Å². The van der Waals surface area contributed by atoms with Crippen LogP contribution in [0.2, 0.25) is 0 Å². The maximum absolute atomic E-state index is 11.0. The Balaban J connectivity index is 4.10. The van der Waals surface area contributed by atoms with Crippen LogP contribution in [-0.4, -0.2) is 42.8 Å². The standard InChI is InChI=1S/C7H14N2O4/c1-4(8)6(10)9-5(3-13-2)7(11)12/h4-5H,3,8H2,1-2H3,(H,9,10)(H,11,12)/t4-,5?/m0/s1. The van der Waals surface area contributed by atoms with Gasteiger partial charge < -0.3 is 20.9 Å². The second kappa shape index (κ2) is 5.50. The smallest absolute Gasteiger partial charge is 0.328 e. The first kappa shape index (κ1) is 11.9. The van der Waals surface area contributed by atoms with Crippen molar-refractivity contribution in [2.75, 3.05) is 13.7 Å². The van der Waals surface area contributed by atoms with Crippen LogP contribution in [-0.2, 0) is 14.3 Å². The number of carboxylic acid groups (broad SMARTS) is 1. The number of carbonyl (C=O) groups excluding carboxylic acids is 1. The molecule has 0 radical (unpaired) electrons. The Labute approximate surface area is 76.0 Å². The van der Waals surface area contributed by atoms with E-state index in [1.807, 2.05) is 0 Å². The number of carbonyl (C=O) groups is 2. The molecule has 13 heavy (non-hydrogen) atoms. The first-order chi connectivity index (χ1) is 5.99. The third-order valence-electron chi connectivity index (χ3n) is 1.36. The van der Waals surface area contributed by atoms with E-state index in [-0.39, 0.29) is 6.61 Å². The van der Waals surface area contributed by atoms with Gasteiger partial charge in [0.15, 0.2) is 6.04 Å². The zero-order valence-corrected chi connectivity index (χ0v) is 7.61. The average Bonchev–Trinajstić information content (AvgIpc) is 2.03. The molecular weight excluding hydrogens is 176 g/mol. The summed E-state index contributed by atoms with van der Waals surface area (Å²) in [6, 6.07) is -1.76. The molecule has 0 rings (SSSR count). The summed E-state index contributed by atoms with van der Waals surface area (Å²) in [6.45, 7) is 1.40. The van der Waals surface area contributed by atoms with E-state index in [2.05, 4.69) is 10.1 Å². The van der Waals surface area contributed by atoms with Crippen molar-refractivity contribution in [3.63, 3.8) is 0 Å². The van der Waals surface area contributed by atoms with Crippen molar-refractivity contribution in [3.05, 3.63) is 0 Å². The highest BCUT2D eigenvalue weighted by Gasteiger charge is 2.20. The lowest BCUT2D eigenvalue weighted by Gasteiger charge is -2.14. The lowest BCUT2D eigenvalue weighted by molar-refractivity contribution is -0.143. The summed E-state index contributed by atoms with van der Waals surface area (Å²) in [6.07, 6.45) is 0. The van der Waals surface area contributed by atoms with Gasteiger partial charge in [-0.15, -0.1) is 0 Å². The maximum atomic E-state index is 11.0. The monoisotopic (exact) mass is 190 g/mol. The topological polar surface area (TPSA) is 102 Å². The van der Waals surface area contributed by atoms with Gasteiger partial charge in [-0.3, -0.25) is 4.79 Å². The van der Waals surface area contributed by atoms with Crippen molar-refractivity contribution in [2.24, 2.45) is 5.73 Å². The van der Waals surface area contributed by atoms with Gasteiger partial charge >= 0.3 is 5.97 Å². The van der Waals surface area contributed by atoms with E-state index in [9.17, 15) is 9.59 Å². The van der Waals surface area contributed by atoms with E-state index in [0.717, 1.165) is 0 Å². The van der Waals surface area contributed by atoms with E-state index < -0.39 is 24.0 Å². The number of hydrogen-bond donors (Lipinski definition) is 3. The highest BCUT2D eigenvalue weighted by atomic mass is 16.5. The van der Waals surface area contributed by atoms with Crippen LogP contribution in [0.25, 0.3) is 0 Å². The molecule has 0 bridgehead atoms. The minimum atomic E-state index is -1.14. The molecule has 6 nitrogen and oxygen atoms in total. The van der Waals surface area contributed by atoms with Crippen molar-refractivity contribution >= 4 is 11.9 Å². The molecule has 0 aliphatic rings. The Morgan fingerprint density at radius 1 is 1.62 bits per heavy atom. The number of ether oxygens (including phenoxy) is 1. The summed E-state index contributed by atoms with van der Waals surface area (Å²) in [4.78, 5) is 21.5. The molecule has 0 aliphatic carbocycles. The first-order valence-electron chi connectivity index (χ1n) is 3.76. The Kier molecular flexibility index (Phi) is 5.01. The van der Waals surface area contributed by atoms with Gasteiger partial charge in [0.25, 0.3) is 0 Å². The van der Waals surface area contributed by atoms with Gasteiger partial charge in [-0.05, 0) is 6.92 Å². The molecule has 76 valence electrons. The average molecular weight is 190 g/mol. The lowest BCUT2D eigenvalue weighted by atomic mass is 10.2. The minimum Gasteiger partial charge on any atom is -0.480 e. The van der Waals surface area contributed by atoms with Crippen LogP contribution in [0.15, 0.2) is 0 Å². The summed E-state index contributed by atoms with van der Waals surface area (Å²) < 4.78 is 4.61. The maximum Gasteiger partial charge on any atom is 0.328 e. The van der Waals surface area contributed by atoms with Gasteiger partial charge in [0.05, 0.1) is 12.6 Å². The van der Waals surface area contributed by atoms with E-state index in [0.29, 0.717) is 0 Å². The quantitative estimate of drug-likeness (QED) is 0.492. The normalized spacial score (nSPS) is 14.7. The summed E-state index contributed by atoms with van der Waals surface area (Å²) in [5.74, 6) is -1.65. The molecule has 2 atom stereocenters. The summed E-state index contributed by atoms with van der Waals surface area (Å²) in [5.41, 5.74) is 5.23. The summed E-state index contributed by atoms with van der Waals surface area (Å²) in [5, 5.41) is 10.8. The van der Waals surface area contributed by atoms with Gasteiger partial charge in [0.2, 0.25) is 5.91 Å². The molecule has 0 aromatic carbocycles. The predicted molar refractivity (Wildman–Crippen MR) is 45.1 cm³/mol. The molecule has 4 N–H and O–H groups in total. The highest BCUT2D eigenvalue weighted by molar-refractivity contribution is 5.86. The molecule has 0 saturated heterocycles. The minimum absolute atomic E-state index is 0.0756. The molecule has 0 aromatic rings. The fourth-order valence-corrected chi connectivity index (χ4v) is 0.645. The molecule has 1 unspecified atom stereocenters. The zero-order valence-electron chi connectivity index (χ0n) is 7.61. The summed E-state index contributed by atoms with van der Waals surface area (Å²) >= 11 is 0. The molecule has 0 spiro atoms. The Hall–Kier alpha value is -1.14. The van der Waals surface area contributed by atoms with Crippen LogP contribution in [0.1, 0.15) is 6.92 Å². The van der Waals surface area contributed by atoms with E-state index >= 15 is 0 Å². The van der Waals surface area contributed by atoms with Gasteiger partial charge in [-0.25, -0.2) is 4.79 Å². The Morgan fingerprint density at radius 2 is 2.15 bits per heavy atom. The molecule has 0 aromatic heterocycles. The van der Waals surface area contributed by atoms with Gasteiger partial charge in [-0.2, -0.15) is 0 Å². The molecular formula is C7H14N2O4. The summed E-state index contributed by atoms with van der Waals surface area (Å²) in [7, 11) is 1.36. The Bertz CT molecular complexity index is 193. The van der Waals surface area contributed by atoms with Crippen molar-refractivity contribution in [2.45, 2.75) is 19.0 Å². The van der Waals surface area contributed by atoms with Gasteiger partial charge in [-0.1, -0.05) is 0 Å². The van der Waals surface area contributed by atoms with Crippen LogP contribution in [0, 0.1) is 0 Å². The number of carboxylic acids is 1. The van der Waals surface area contributed by atoms with E-state index in [4.69, 9.17) is 10.8 Å². The lowest BCUT2D eigenvalue weighted by Crippen LogP contribution is -2.49. The van der Waals surface area contributed by atoms with Crippen LogP contribution in [0.3, 0.4) is 0 Å². The molecule has 0 saturated carbocycles. The van der Waals surface area contributed by atoms with Gasteiger partial charge in [0, 0.05) is 7.11 Å². The molecule has 0 aliphatic heterocycles. The SMILES string of the molecule is COCC(NC(=O)[C@H](C)N)C(=O)O. The number of aliphatic carboxylic acids is 1. The second-order valence-corrected chi connectivity index (χ2v) is 2.64. The Morgan fingerprint density at radius 3 is 2.46 bits per heavy atom. The van der Waals surface area contributed by atoms with Crippen molar-refractivity contribution in [3.8, 4) is 0 Å². The molecule has 0 fully saturated rings. The van der Waals surface area contributed by atoms with Crippen molar-refractivity contribution in [1.29, 1.82) is 0 Å². The first-order valence-corrected chi connectivity index (χ1v) is 3.76. The zero-order chi connectivity index (χ0) is 10.4. The number of nitrogens with one attached hydrogen (secondary N) is 1. The number of methoxy groups -OCH3 is 1. The second-order valence-electron chi connectivity index (χ2n) is 2.64. The molecule has 1 amide bonds. The van der Waals surface area contributed by atoms with Gasteiger partial charge in [0.1, 0.15) is 0 Å². The van der Waals surface area contributed by atoms with E-state index in [1.165, 1.54) is 14.0 Å². The number of rotatable bonds is 5. The van der Waals surface area contributed by atoms with Crippen molar-refractivity contribution in [1.82, 2.24) is 5.32 Å². The number of nitrogens with two attached hydrogens (primary N) is 1. The largest absolute Gasteiger partial charge is 0.480 e.